The van der Waals surface area contributed by atoms with Gasteiger partial charge in [-0.15, -0.1) is 0 Å². The second-order valence-corrected chi connectivity index (χ2v) is 6.57. The Balaban J connectivity index is 2.43. The fourth-order valence-electron chi connectivity index (χ4n) is 2.26. The Hall–Kier alpha value is -2.41. The number of benzene rings is 1. The number of aromatic nitrogens is 3. The van der Waals surface area contributed by atoms with Gasteiger partial charge < -0.3 is 0 Å². The van der Waals surface area contributed by atoms with Crippen LogP contribution >= 0.6 is 0 Å². The van der Waals surface area contributed by atoms with Crippen molar-refractivity contribution in [2.45, 2.75) is 11.8 Å². The van der Waals surface area contributed by atoms with E-state index in [0.29, 0.717) is 10.9 Å². The van der Waals surface area contributed by atoms with Crippen molar-refractivity contribution in [2.24, 2.45) is 7.05 Å². The molecule has 0 amide bonds. The van der Waals surface area contributed by atoms with Crippen LogP contribution < -0.4 is 5.56 Å². The van der Waals surface area contributed by atoms with E-state index in [9.17, 15) is 13.2 Å². The smallest absolute Gasteiger partial charge is 0.272 e. The van der Waals surface area contributed by atoms with Crippen LogP contribution in [0.25, 0.3) is 11.0 Å². The molecule has 0 saturated carbocycles. The number of hydrogen-bond acceptors (Lipinski definition) is 4. The van der Waals surface area contributed by atoms with Gasteiger partial charge in [-0.3, -0.25) is 9.48 Å². The lowest BCUT2D eigenvalue weighted by molar-refractivity contribution is 0.586. The Bertz CT molecular complexity index is 985. The van der Waals surface area contributed by atoms with E-state index < -0.39 is 15.6 Å². The quantitative estimate of drug-likeness (QED) is 0.715. The third-order valence-electron chi connectivity index (χ3n) is 3.25. The summed E-state index contributed by atoms with van der Waals surface area (Å²) in [6.45, 7) is 1.75. The molecule has 108 valence electrons. The topological polar surface area (TPSA) is 74.0 Å². The van der Waals surface area contributed by atoms with Crippen LogP contribution in [0.15, 0.2) is 52.3 Å². The van der Waals surface area contributed by atoms with Crippen molar-refractivity contribution in [3.8, 4) is 0 Å². The van der Waals surface area contributed by atoms with E-state index in [1.165, 1.54) is 22.9 Å². The molecule has 3 rings (SSSR count). The van der Waals surface area contributed by atoms with Gasteiger partial charge in [0.1, 0.15) is 0 Å². The minimum atomic E-state index is -3.97. The van der Waals surface area contributed by atoms with Crippen molar-refractivity contribution in [1.29, 1.82) is 0 Å². The molecule has 0 fully saturated rings. The van der Waals surface area contributed by atoms with Crippen LogP contribution in [0.3, 0.4) is 0 Å². The van der Waals surface area contributed by atoms with Crippen molar-refractivity contribution >= 4 is 21.1 Å². The standard InChI is InChI=1S/C14H13N3O3S/c1-10-8-13(18)17(14-12(10)9-16(2)15-14)21(19,20)11-6-4-3-5-7-11/h3-9H,1-2H3. The van der Waals surface area contributed by atoms with Crippen LogP contribution in [0.4, 0.5) is 0 Å². The second-order valence-electron chi connectivity index (χ2n) is 4.79. The zero-order valence-corrected chi connectivity index (χ0v) is 12.3. The van der Waals surface area contributed by atoms with Crippen LogP contribution in [0.5, 0.6) is 0 Å². The summed E-state index contributed by atoms with van der Waals surface area (Å²) < 4.78 is 27.7. The number of pyridine rings is 1. The first-order chi connectivity index (χ1) is 9.91. The molecule has 2 heterocycles. The molecule has 0 atom stereocenters. The van der Waals surface area contributed by atoms with E-state index in [1.807, 2.05) is 0 Å². The molecule has 0 N–H and O–H groups in total. The Kier molecular flexibility index (Phi) is 2.94. The average Bonchev–Trinajstić information content (AvgIpc) is 2.81. The molecule has 0 aliphatic carbocycles. The largest absolute Gasteiger partial charge is 0.273 e. The molecule has 0 spiro atoms. The van der Waals surface area contributed by atoms with Crippen molar-refractivity contribution in [2.75, 3.05) is 0 Å². The molecule has 0 aliphatic heterocycles. The molecular formula is C14H13N3O3S. The summed E-state index contributed by atoms with van der Waals surface area (Å²) in [5, 5.41) is 4.76. The molecule has 3 aromatic rings. The van der Waals surface area contributed by atoms with Crippen molar-refractivity contribution < 1.29 is 8.42 Å². The van der Waals surface area contributed by atoms with Crippen LogP contribution in [0, 0.1) is 6.92 Å². The first kappa shape index (κ1) is 13.6. The van der Waals surface area contributed by atoms with E-state index in [-0.39, 0.29) is 10.5 Å². The van der Waals surface area contributed by atoms with Gasteiger partial charge in [0.2, 0.25) is 0 Å². The molecule has 0 radical (unpaired) electrons. The summed E-state index contributed by atoms with van der Waals surface area (Å²) >= 11 is 0. The van der Waals surface area contributed by atoms with E-state index in [1.54, 1.807) is 38.4 Å². The first-order valence-electron chi connectivity index (χ1n) is 6.28. The molecule has 0 saturated heterocycles. The first-order valence-corrected chi connectivity index (χ1v) is 7.72. The van der Waals surface area contributed by atoms with E-state index in [2.05, 4.69) is 5.10 Å². The predicted octanol–water partition coefficient (Wildman–Crippen LogP) is 1.28. The summed E-state index contributed by atoms with van der Waals surface area (Å²) in [5.74, 6) is 0. The summed E-state index contributed by atoms with van der Waals surface area (Å²) in [4.78, 5) is 12.3. The number of hydrogen-bond donors (Lipinski definition) is 0. The van der Waals surface area contributed by atoms with E-state index >= 15 is 0 Å². The Morgan fingerprint density at radius 1 is 1.14 bits per heavy atom. The van der Waals surface area contributed by atoms with Gasteiger partial charge in [-0.2, -0.15) is 9.07 Å². The monoisotopic (exact) mass is 303 g/mol. The van der Waals surface area contributed by atoms with Gasteiger partial charge in [0.25, 0.3) is 15.6 Å². The third kappa shape index (κ3) is 2.06. The fraction of sp³-hybridized carbons (Fsp3) is 0.143. The number of fused-ring (bicyclic) bond motifs is 1. The highest BCUT2D eigenvalue weighted by atomic mass is 32.2. The van der Waals surface area contributed by atoms with Crippen LogP contribution in [0.2, 0.25) is 0 Å². The summed E-state index contributed by atoms with van der Waals surface area (Å²) in [6.07, 6.45) is 1.70. The van der Waals surface area contributed by atoms with Crippen LogP contribution in [0.1, 0.15) is 5.56 Å². The third-order valence-corrected chi connectivity index (χ3v) is 4.95. The van der Waals surface area contributed by atoms with Crippen LogP contribution in [-0.2, 0) is 17.1 Å². The lowest BCUT2D eigenvalue weighted by Crippen LogP contribution is -2.27. The number of aryl methyl sites for hydroxylation is 2. The highest BCUT2D eigenvalue weighted by Gasteiger charge is 2.23. The molecule has 1 aromatic carbocycles. The van der Waals surface area contributed by atoms with Gasteiger partial charge in [0, 0.05) is 24.7 Å². The molecular weight excluding hydrogens is 290 g/mol. The highest BCUT2D eigenvalue weighted by Crippen LogP contribution is 2.19. The van der Waals surface area contributed by atoms with Gasteiger partial charge in [-0.05, 0) is 24.6 Å². The molecule has 0 unspecified atom stereocenters. The Morgan fingerprint density at radius 3 is 2.48 bits per heavy atom. The fourth-order valence-corrected chi connectivity index (χ4v) is 3.63. The molecule has 0 bridgehead atoms. The minimum Gasteiger partial charge on any atom is -0.273 e. The normalized spacial score (nSPS) is 11.9. The number of nitrogens with zero attached hydrogens (tertiary/aromatic N) is 3. The van der Waals surface area contributed by atoms with Gasteiger partial charge >= 0.3 is 0 Å². The highest BCUT2D eigenvalue weighted by molar-refractivity contribution is 7.90. The minimum absolute atomic E-state index is 0.0582. The number of rotatable bonds is 2. The molecule has 2 aromatic heterocycles. The maximum Gasteiger partial charge on any atom is 0.272 e. The van der Waals surface area contributed by atoms with Gasteiger partial charge in [-0.1, -0.05) is 18.2 Å². The van der Waals surface area contributed by atoms with Gasteiger partial charge in [0.05, 0.1) is 4.90 Å². The van der Waals surface area contributed by atoms with E-state index in [0.717, 1.165) is 3.97 Å². The lowest BCUT2D eigenvalue weighted by atomic mass is 10.2. The van der Waals surface area contributed by atoms with Gasteiger partial charge in [-0.25, -0.2) is 8.42 Å². The maximum absolute atomic E-state index is 12.7. The van der Waals surface area contributed by atoms with Crippen molar-refractivity contribution in [3.05, 3.63) is 58.5 Å². The van der Waals surface area contributed by atoms with Gasteiger partial charge in [0.15, 0.2) is 5.65 Å². The predicted molar refractivity (Wildman–Crippen MR) is 78.7 cm³/mol. The summed E-state index contributed by atoms with van der Waals surface area (Å²) in [5.41, 5.74) is 0.233. The summed E-state index contributed by atoms with van der Waals surface area (Å²) in [7, 11) is -2.29. The molecule has 21 heavy (non-hydrogen) atoms. The zero-order chi connectivity index (χ0) is 15.2. The molecule has 0 aliphatic rings. The van der Waals surface area contributed by atoms with E-state index in [4.69, 9.17) is 0 Å². The average molecular weight is 303 g/mol. The molecule has 6 nitrogen and oxygen atoms in total. The zero-order valence-electron chi connectivity index (χ0n) is 11.5. The van der Waals surface area contributed by atoms with Crippen molar-refractivity contribution in [3.63, 3.8) is 0 Å². The lowest BCUT2D eigenvalue weighted by Gasteiger charge is -2.09. The Morgan fingerprint density at radius 2 is 1.81 bits per heavy atom. The van der Waals surface area contributed by atoms with Crippen molar-refractivity contribution in [1.82, 2.24) is 13.8 Å². The maximum atomic E-state index is 12.7. The van der Waals surface area contributed by atoms with Crippen LogP contribution in [-0.4, -0.2) is 22.2 Å². The molecule has 7 heteroatoms. The second kappa shape index (κ2) is 4.56. The SMILES string of the molecule is Cc1cc(=O)n(S(=O)(=O)c2ccccc2)c2nn(C)cc12. The Labute approximate surface area is 121 Å². The summed E-state index contributed by atoms with van der Waals surface area (Å²) in [6, 6.07) is 9.16.